The molecule has 2 aromatic carbocycles. The van der Waals surface area contributed by atoms with Gasteiger partial charge in [0.25, 0.3) is 5.91 Å². The molecule has 0 saturated heterocycles. The number of halogens is 2. The van der Waals surface area contributed by atoms with E-state index in [9.17, 15) is 13.6 Å². The van der Waals surface area contributed by atoms with Gasteiger partial charge < -0.3 is 10.2 Å². The number of hydrogen-bond acceptors (Lipinski definition) is 4. The molecule has 0 radical (unpaired) electrons. The first-order valence-corrected chi connectivity index (χ1v) is 8.40. The molecule has 3 rings (SSSR count). The van der Waals surface area contributed by atoms with Crippen LogP contribution in [0.15, 0.2) is 54.9 Å². The van der Waals surface area contributed by atoms with E-state index in [-0.39, 0.29) is 11.4 Å². The normalized spacial score (nSPS) is 10.5. The monoisotopic (exact) mass is 368 g/mol. The zero-order valence-corrected chi connectivity index (χ0v) is 14.9. The lowest BCUT2D eigenvalue weighted by molar-refractivity contribution is 0.102. The standard InChI is InChI=1S/C20H18F2N4O/c1-3-26(15-6-4-5-13(2)9-15)19-11-18(23-12-24-19)20(27)25-14-7-8-16(21)17(22)10-14/h4-12H,3H2,1-2H3,(H,25,27). The number of aromatic nitrogens is 2. The van der Waals surface area contributed by atoms with Gasteiger partial charge in [0.05, 0.1) is 0 Å². The molecular formula is C20H18F2N4O. The van der Waals surface area contributed by atoms with Crippen LogP contribution in [0.2, 0.25) is 0 Å². The average Bonchev–Trinajstić information content (AvgIpc) is 2.66. The van der Waals surface area contributed by atoms with Gasteiger partial charge in [0.15, 0.2) is 11.6 Å². The lowest BCUT2D eigenvalue weighted by Crippen LogP contribution is -2.20. The molecule has 0 unspecified atom stereocenters. The van der Waals surface area contributed by atoms with E-state index in [0.29, 0.717) is 12.4 Å². The molecule has 0 spiro atoms. The van der Waals surface area contributed by atoms with Gasteiger partial charge in [-0.05, 0) is 43.7 Å². The Morgan fingerprint density at radius 1 is 1.07 bits per heavy atom. The Morgan fingerprint density at radius 3 is 2.59 bits per heavy atom. The SMILES string of the molecule is CCN(c1cccc(C)c1)c1cc(C(=O)Nc2ccc(F)c(F)c2)ncn1. The fraction of sp³-hybridized carbons (Fsp3) is 0.150. The van der Waals surface area contributed by atoms with E-state index in [1.54, 1.807) is 6.07 Å². The third kappa shape index (κ3) is 4.25. The number of rotatable bonds is 5. The van der Waals surface area contributed by atoms with Crippen molar-refractivity contribution in [2.24, 2.45) is 0 Å². The molecule has 1 N–H and O–H groups in total. The molecule has 0 aliphatic heterocycles. The van der Waals surface area contributed by atoms with Gasteiger partial charge in [-0.1, -0.05) is 12.1 Å². The quantitative estimate of drug-likeness (QED) is 0.722. The summed E-state index contributed by atoms with van der Waals surface area (Å²) in [5, 5.41) is 2.50. The maximum Gasteiger partial charge on any atom is 0.274 e. The van der Waals surface area contributed by atoms with Crippen LogP contribution < -0.4 is 10.2 Å². The van der Waals surface area contributed by atoms with Crippen LogP contribution in [-0.2, 0) is 0 Å². The second-order valence-electron chi connectivity index (χ2n) is 5.93. The number of anilines is 3. The average molecular weight is 368 g/mol. The second-order valence-corrected chi connectivity index (χ2v) is 5.93. The molecule has 1 aromatic heterocycles. The third-order valence-electron chi connectivity index (χ3n) is 3.97. The van der Waals surface area contributed by atoms with E-state index in [2.05, 4.69) is 15.3 Å². The van der Waals surface area contributed by atoms with Gasteiger partial charge in [0.1, 0.15) is 17.8 Å². The Kier molecular flexibility index (Phi) is 5.40. The number of amides is 1. The molecule has 5 nitrogen and oxygen atoms in total. The summed E-state index contributed by atoms with van der Waals surface area (Å²) in [6.07, 6.45) is 1.30. The molecule has 0 aliphatic rings. The Bertz CT molecular complexity index is 978. The molecule has 0 fully saturated rings. The van der Waals surface area contributed by atoms with Crippen molar-refractivity contribution in [2.45, 2.75) is 13.8 Å². The Labute approximate surface area is 155 Å². The van der Waals surface area contributed by atoms with Crippen molar-refractivity contribution in [1.82, 2.24) is 9.97 Å². The smallest absolute Gasteiger partial charge is 0.274 e. The van der Waals surface area contributed by atoms with Gasteiger partial charge in [0.2, 0.25) is 0 Å². The topological polar surface area (TPSA) is 58.1 Å². The molecule has 1 amide bonds. The van der Waals surface area contributed by atoms with Gasteiger partial charge in [-0.2, -0.15) is 0 Å². The number of hydrogen-bond donors (Lipinski definition) is 1. The third-order valence-corrected chi connectivity index (χ3v) is 3.97. The maximum atomic E-state index is 13.3. The van der Waals surface area contributed by atoms with Crippen molar-refractivity contribution < 1.29 is 13.6 Å². The first kappa shape index (κ1) is 18.4. The molecule has 0 bridgehead atoms. The van der Waals surface area contributed by atoms with Crippen molar-refractivity contribution in [3.8, 4) is 0 Å². The summed E-state index contributed by atoms with van der Waals surface area (Å²) in [4.78, 5) is 22.6. The Balaban J connectivity index is 1.85. The minimum Gasteiger partial charge on any atom is -0.327 e. The second kappa shape index (κ2) is 7.90. The van der Waals surface area contributed by atoms with Crippen molar-refractivity contribution in [3.05, 3.63) is 77.8 Å². The maximum absolute atomic E-state index is 13.3. The summed E-state index contributed by atoms with van der Waals surface area (Å²) >= 11 is 0. The number of aryl methyl sites for hydroxylation is 1. The molecule has 3 aromatic rings. The molecular weight excluding hydrogens is 350 g/mol. The van der Waals surface area contributed by atoms with Gasteiger partial charge in [-0.15, -0.1) is 0 Å². The minimum atomic E-state index is -1.03. The summed E-state index contributed by atoms with van der Waals surface area (Å²) in [6, 6.07) is 12.6. The van der Waals surface area contributed by atoms with Crippen LogP contribution in [0.1, 0.15) is 23.0 Å². The fourth-order valence-corrected chi connectivity index (χ4v) is 2.66. The van der Waals surface area contributed by atoms with Crippen molar-refractivity contribution >= 4 is 23.1 Å². The number of nitrogens with zero attached hydrogens (tertiary/aromatic N) is 3. The predicted octanol–water partition coefficient (Wildman–Crippen LogP) is 4.47. The molecule has 0 atom stereocenters. The van der Waals surface area contributed by atoms with E-state index in [1.165, 1.54) is 12.4 Å². The highest BCUT2D eigenvalue weighted by molar-refractivity contribution is 6.03. The first-order chi connectivity index (χ1) is 13.0. The molecule has 0 saturated carbocycles. The summed E-state index contributed by atoms with van der Waals surface area (Å²) in [5.41, 5.74) is 2.32. The minimum absolute atomic E-state index is 0.121. The number of benzene rings is 2. The van der Waals surface area contributed by atoms with Crippen LogP contribution in [0.4, 0.5) is 26.0 Å². The fourth-order valence-electron chi connectivity index (χ4n) is 2.66. The Morgan fingerprint density at radius 2 is 1.89 bits per heavy atom. The van der Waals surface area contributed by atoms with Crippen LogP contribution in [0, 0.1) is 18.6 Å². The van der Waals surface area contributed by atoms with Gasteiger partial charge in [-0.3, -0.25) is 4.79 Å². The van der Waals surface area contributed by atoms with Crippen LogP contribution in [0.3, 0.4) is 0 Å². The summed E-state index contributed by atoms with van der Waals surface area (Å²) in [6.45, 7) is 4.62. The van der Waals surface area contributed by atoms with E-state index >= 15 is 0 Å². The van der Waals surface area contributed by atoms with Crippen LogP contribution in [0.25, 0.3) is 0 Å². The summed E-state index contributed by atoms with van der Waals surface area (Å²) in [5.74, 6) is -1.99. The zero-order valence-electron chi connectivity index (χ0n) is 14.9. The zero-order chi connectivity index (χ0) is 19.4. The number of carbonyl (C=O) groups is 1. The molecule has 1 heterocycles. The highest BCUT2D eigenvalue weighted by Crippen LogP contribution is 2.24. The van der Waals surface area contributed by atoms with E-state index in [1.807, 2.05) is 43.0 Å². The van der Waals surface area contributed by atoms with Crippen molar-refractivity contribution in [2.75, 3.05) is 16.8 Å². The van der Waals surface area contributed by atoms with Crippen molar-refractivity contribution in [3.63, 3.8) is 0 Å². The molecule has 27 heavy (non-hydrogen) atoms. The van der Waals surface area contributed by atoms with Gasteiger partial charge >= 0.3 is 0 Å². The highest BCUT2D eigenvalue weighted by atomic mass is 19.2. The van der Waals surface area contributed by atoms with Crippen LogP contribution in [0.5, 0.6) is 0 Å². The lowest BCUT2D eigenvalue weighted by atomic mass is 10.2. The molecule has 7 heteroatoms. The first-order valence-electron chi connectivity index (χ1n) is 8.40. The van der Waals surface area contributed by atoms with Crippen LogP contribution >= 0.6 is 0 Å². The van der Waals surface area contributed by atoms with Crippen LogP contribution in [-0.4, -0.2) is 22.4 Å². The summed E-state index contributed by atoms with van der Waals surface area (Å²) < 4.78 is 26.3. The largest absolute Gasteiger partial charge is 0.327 e. The Hall–Kier alpha value is -3.35. The van der Waals surface area contributed by atoms with E-state index in [4.69, 9.17) is 0 Å². The van der Waals surface area contributed by atoms with Crippen molar-refractivity contribution in [1.29, 1.82) is 0 Å². The van der Waals surface area contributed by atoms with E-state index < -0.39 is 17.5 Å². The van der Waals surface area contributed by atoms with Gasteiger partial charge in [0, 0.05) is 30.1 Å². The number of carbonyl (C=O) groups excluding carboxylic acids is 1. The molecule has 138 valence electrons. The predicted molar refractivity (Wildman–Crippen MR) is 100 cm³/mol. The number of nitrogens with one attached hydrogen (secondary N) is 1. The summed E-state index contributed by atoms with van der Waals surface area (Å²) in [7, 11) is 0. The van der Waals surface area contributed by atoms with Gasteiger partial charge in [-0.25, -0.2) is 18.7 Å². The highest BCUT2D eigenvalue weighted by Gasteiger charge is 2.14. The lowest BCUT2D eigenvalue weighted by Gasteiger charge is -2.22. The van der Waals surface area contributed by atoms with E-state index in [0.717, 1.165) is 23.4 Å². The molecule has 0 aliphatic carbocycles.